The van der Waals surface area contributed by atoms with Gasteiger partial charge >= 0.3 is 5.97 Å². The van der Waals surface area contributed by atoms with E-state index in [9.17, 15) is 19.8 Å². The first-order valence-corrected chi connectivity index (χ1v) is 12.7. The Kier molecular flexibility index (Phi) is 5.63. The van der Waals surface area contributed by atoms with Gasteiger partial charge in [-0.1, -0.05) is 49.8 Å². The third kappa shape index (κ3) is 3.62. The van der Waals surface area contributed by atoms with Gasteiger partial charge in [0.1, 0.15) is 0 Å². The van der Waals surface area contributed by atoms with E-state index >= 15 is 0 Å². The van der Waals surface area contributed by atoms with Gasteiger partial charge in [0.15, 0.2) is 5.78 Å². The van der Waals surface area contributed by atoms with E-state index in [1.54, 1.807) is 36.4 Å². The predicted octanol–water partition coefficient (Wildman–Crippen LogP) is 5.91. The fourth-order valence-corrected chi connectivity index (χ4v) is 8.23. The highest BCUT2D eigenvalue weighted by Crippen LogP contribution is 2.66. The minimum atomic E-state index is -0.970. The van der Waals surface area contributed by atoms with Crippen LogP contribution in [0.5, 0.6) is 0 Å². The molecule has 1 aromatic carbocycles. The summed E-state index contributed by atoms with van der Waals surface area (Å²) in [5, 5.41) is 19.6. The lowest BCUT2D eigenvalue weighted by molar-refractivity contribution is -0.124. The second-order valence-electron chi connectivity index (χ2n) is 11.5. The number of carbonyl (C=O) groups excluding carboxylic acids is 1. The Bertz CT molecular complexity index is 1020. The van der Waals surface area contributed by atoms with E-state index < -0.39 is 5.97 Å². The number of benzene rings is 1. The van der Waals surface area contributed by atoms with Crippen LogP contribution in [0.1, 0.15) is 81.1 Å². The molecule has 4 aliphatic carbocycles. The highest BCUT2D eigenvalue weighted by atomic mass is 16.4. The molecule has 0 amide bonds. The molecule has 0 aliphatic heterocycles. The fraction of sp³-hybridized carbons (Fsp3) is 0.586. The molecule has 0 heterocycles. The first kappa shape index (κ1) is 22.6. The number of rotatable bonds is 4. The fourth-order valence-electron chi connectivity index (χ4n) is 8.23. The molecule has 4 aliphatic rings. The molecule has 0 saturated heterocycles. The van der Waals surface area contributed by atoms with Crippen LogP contribution in [0.2, 0.25) is 0 Å². The third-order valence-electron chi connectivity index (χ3n) is 10.0. The summed E-state index contributed by atoms with van der Waals surface area (Å²) < 4.78 is 0. The molecule has 7 atom stereocenters. The van der Waals surface area contributed by atoms with Crippen LogP contribution in [-0.2, 0) is 4.79 Å². The molecule has 4 nitrogen and oxygen atoms in total. The molecule has 4 heteroatoms. The van der Waals surface area contributed by atoms with Crippen LogP contribution >= 0.6 is 0 Å². The number of carboxylic acids is 1. The summed E-state index contributed by atoms with van der Waals surface area (Å²) in [7, 11) is 0. The van der Waals surface area contributed by atoms with Crippen molar-refractivity contribution in [1.82, 2.24) is 0 Å². The first-order valence-electron chi connectivity index (χ1n) is 12.7. The van der Waals surface area contributed by atoms with Gasteiger partial charge in [0.05, 0.1) is 11.7 Å². The Morgan fingerprint density at radius 1 is 1.03 bits per heavy atom. The van der Waals surface area contributed by atoms with Crippen LogP contribution in [0, 0.1) is 34.5 Å². The Morgan fingerprint density at radius 3 is 2.61 bits per heavy atom. The number of fused-ring (bicyclic) bond motifs is 5. The summed E-state index contributed by atoms with van der Waals surface area (Å²) in [6.45, 7) is 4.78. The van der Waals surface area contributed by atoms with Crippen LogP contribution in [-0.4, -0.2) is 28.1 Å². The molecule has 0 radical (unpaired) electrons. The topological polar surface area (TPSA) is 74.6 Å². The molecule has 1 aromatic rings. The van der Waals surface area contributed by atoms with Crippen LogP contribution < -0.4 is 0 Å². The molecule has 33 heavy (non-hydrogen) atoms. The minimum Gasteiger partial charge on any atom is -0.478 e. The molecule has 4 unspecified atom stereocenters. The third-order valence-corrected chi connectivity index (χ3v) is 10.0. The number of hydrogen-bond donors (Lipinski definition) is 2. The van der Waals surface area contributed by atoms with Crippen molar-refractivity contribution < 1.29 is 19.8 Å². The average Bonchev–Trinajstić information content (AvgIpc) is 3.15. The average molecular weight is 449 g/mol. The van der Waals surface area contributed by atoms with Crippen molar-refractivity contribution >= 4 is 17.8 Å². The Labute approximate surface area is 196 Å². The van der Waals surface area contributed by atoms with E-state index in [4.69, 9.17) is 0 Å². The minimum absolute atomic E-state index is 0.0167. The van der Waals surface area contributed by atoms with E-state index in [-0.39, 0.29) is 34.2 Å². The molecule has 0 bridgehead atoms. The van der Waals surface area contributed by atoms with Gasteiger partial charge in [-0.3, -0.25) is 4.79 Å². The van der Waals surface area contributed by atoms with Gasteiger partial charge in [0.2, 0.25) is 0 Å². The number of aliphatic hydroxyl groups excluding tert-OH is 1. The maximum Gasteiger partial charge on any atom is 0.336 e. The van der Waals surface area contributed by atoms with E-state index in [1.165, 1.54) is 5.57 Å². The number of aromatic carboxylic acids is 1. The van der Waals surface area contributed by atoms with Crippen LogP contribution in [0.25, 0.3) is 6.08 Å². The SMILES string of the molecule is C[C@]12CCC3C(CC=C4C[C@@H](O)CC[C@@]43C)C1CCC2C(=O)/C=C/c1ccccc1C(=O)O. The van der Waals surface area contributed by atoms with E-state index in [0.717, 1.165) is 51.4 Å². The lowest BCUT2D eigenvalue weighted by atomic mass is 9.47. The highest BCUT2D eigenvalue weighted by molar-refractivity contribution is 5.98. The van der Waals surface area contributed by atoms with Gasteiger partial charge in [-0.2, -0.15) is 0 Å². The maximum absolute atomic E-state index is 13.4. The Balaban J connectivity index is 1.36. The van der Waals surface area contributed by atoms with Crippen LogP contribution in [0.3, 0.4) is 0 Å². The summed E-state index contributed by atoms with van der Waals surface area (Å²) in [5.74, 6) is 1.05. The molecule has 176 valence electrons. The van der Waals surface area contributed by atoms with Crippen molar-refractivity contribution in [2.24, 2.45) is 34.5 Å². The van der Waals surface area contributed by atoms with Gasteiger partial charge in [-0.25, -0.2) is 4.79 Å². The van der Waals surface area contributed by atoms with Gasteiger partial charge in [-0.05, 0) is 97.7 Å². The predicted molar refractivity (Wildman–Crippen MR) is 129 cm³/mol. The van der Waals surface area contributed by atoms with Crippen molar-refractivity contribution in [3.8, 4) is 0 Å². The summed E-state index contributed by atoms with van der Waals surface area (Å²) >= 11 is 0. The molecule has 5 rings (SSSR count). The Morgan fingerprint density at radius 2 is 1.82 bits per heavy atom. The zero-order valence-electron chi connectivity index (χ0n) is 19.8. The summed E-state index contributed by atoms with van der Waals surface area (Å²) in [6, 6.07) is 6.85. The molecular formula is C29H36O4. The Hall–Kier alpha value is -2.20. The van der Waals surface area contributed by atoms with Crippen molar-refractivity contribution in [1.29, 1.82) is 0 Å². The highest BCUT2D eigenvalue weighted by Gasteiger charge is 2.59. The van der Waals surface area contributed by atoms with Crippen molar-refractivity contribution in [2.45, 2.75) is 71.3 Å². The zero-order valence-corrected chi connectivity index (χ0v) is 19.8. The van der Waals surface area contributed by atoms with Crippen LogP contribution in [0.15, 0.2) is 42.0 Å². The molecule has 3 saturated carbocycles. The molecule has 0 aromatic heterocycles. The lowest BCUT2D eigenvalue weighted by Gasteiger charge is -2.57. The lowest BCUT2D eigenvalue weighted by Crippen LogP contribution is -2.50. The molecule has 2 N–H and O–H groups in total. The largest absolute Gasteiger partial charge is 0.478 e. The van der Waals surface area contributed by atoms with Crippen LogP contribution in [0.4, 0.5) is 0 Å². The number of carboxylic acid groups (broad SMARTS) is 1. The normalized spacial score (nSPS) is 40.0. The first-order chi connectivity index (χ1) is 15.7. The number of allylic oxidation sites excluding steroid dienone is 2. The quantitative estimate of drug-likeness (QED) is 0.444. The standard InChI is InChI=1S/C29H36O4/c1-28-15-13-20(30)17-19(28)8-9-22-23-10-11-25(29(23,2)16-14-24(22)28)26(31)12-7-18-5-3-4-6-21(18)27(32)33/h3-8,12,20,22-25,30H,9-11,13-17H2,1-2H3,(H,32,33)/b12-7+/t20-,22?,23?,24?,25?,28-,29-/m0/s1. The summed E-state index contributed by atoms with van der Waals surface area (Å²) in [4.78, 5) is 24.9. The van der Waals surface area contributed by atoms with Crippen molar-refractivity contribution in [3.05, 3.63) is 53.1 Å². The second-order valence-corrected chi connectivity index (χ2v) is 11.5. The second kappa shape index (κ2) is 8.23. The molecule has 0 spiro atoms. The van der Waals surface area contributed by atoms with Crippen molar-refractivity contribution in [3.63, 3.8) is 0 Å². The van der Waals surface area contributed by atoms with Gasteiger partial charge in [0.25, 0.3) is 0 Å². The van der Waals surface area contributed by atoms with Crippen molar-refractivity contribution in [2.75, 3.05) is 0 Å². The number of aliphatic hydroxyl groups is 1. The molecule has 3 fully saturated rings. The van der Waals surface area contributed by atoms with Gasteiger partial charge in [-0.15, -0.1) is 0 Å². The van der Waals surface area contributed by atoms with Gasteiger partial charge in [0, 0.05) is 5.92 Å². The number of ketones is 1. The zero-order chi connectivity index (χ0) is 23.4. The monoisotopic (exact) mass is 448 g/mol. The van der Waals surface area contributed by atoms with E-state index in [0.29, 0.717) is 23.3 Å². The van der Waals surface area contributed by atoms with Gasteiger partial charge < -0.3 is 10.2 Å². The summed E-state index contributed by atoms with van der Waals surface area (Å²) in [5.41, 5.74) is 2.53. The maximum atomic E-state index is 13.4. The number of hydrogen-bond acceptors (Lipinski definition) is 3. The number of carbonyl (C=O) groups is 2. The van der Waals surface area contributed by atoms with E-state index in [2.05, 4.69) is 19.9 Å². The van der Waals surface area contributed by atoms with E-state index in [1.807, 2.05) is 0 Å². The molecular weight excluding hydrogens is 412 g/mol. The summed E-state index contributed by atoms with van der Waals surface area (Å²) in [6.07, 6.45) is 13.8. The smallest absolute Gasteiger partial charge is 0.336 e.